The van der Waals surface area contributed by atoms with E-state index in [1.165, 1.54) is 22.9 Å². The van der Waals surface area contributed by atoms with Crippen molar-refractivity contribution in [2.24, 2.45) is 0 Å². The number of para-hydroxylation sites is 1. The number of benzene rings is 2. The van der Waals surface area contributed by atoms with Crippen molar-refractivity contribution in [1.82, 2.24) is 9.29 Å². The number of nitrogens with zero attached hydrogens (tertiary/aromatic N) is 1. The molecular weight excluding hydrogens is 404 g/mol. The Bertz CT molecular complexity index is 992. The van der Waals surface area contributed by atoms with Crippen LogP contribution >= 0.6 is 23.5 Å². The molecule has 0 aliphatic rings. The smallest absolute Gasteiger partial charge is 0.252 e. The molecule has 0 saturated heterocycles. The molecule has 0 saturated carbocycles. The molecule has 3 rings (SSSR count). The molecule has 29 heavy (non-hydrogen) atoms. The molecule has 3 aromatic rings. The first kappa shape index (κ1) is 21.6. The van der Waals surface area contributed by atoms with E-state index in [1.807, 2.05) is 51.3 Å². The van der Waals surface area contributed by atoms with E-state index in [9.17, 15) is 4.79 Å². The van der Waals surface area contributed by atoms with Crippen molar-refractivity contribution in [2.75, 3.05) is 12.9 Å². The van der Waals surface area contributed by atoms with E-state index in [-0.39, 0.29) is 11.9 Å². The van der Waals surface area contributed by atoms with Gasteiger partial charge in [0.2, 0.25) is 0 Å². The van der Waals surface area contributed by atoms with E-state index in [2.05, 4.69) is 27.6 Å². The van der Waals surface area contributed by atoms with Crippen LogP contribution in [-0.4, -0.2) is 23.3 Å². The van der Waals surface area contributed by atoms with Crippen molar-refractivity contribution >= 4 is 40.4 Å². The third-order valence-electron chi connectivity index (χ3n) is 5.09. The van der Waals surface area contributed by atoms with Crippen molar-refractivity contribution in [3.8, 4) is 5.75 Å². The number of hydrogen-bond donors (Lipinski definition) is 1. The molecule has 0 fully saturated rings. The zero-order valence-electron chi connectivity index (χ0n) is 17.3. The van der Waals surface area contributed by atoms with Crippen molar-refractivity contribution in [1.29, 1.82) is 0 Å². The number of nitrogens with one attached hydrogen (secondary N) is 1. The summed E-state index contributed by atoms with van der Waals surface area (Å²) in [7, 11) is 0. The fourth-order valence-corrected chi connectivity index (χ4v) is 4.03. The van der Waals surface area contributed by atoms with Gasteiger partial charge in [-0.25, -0.2) is 0 Å². The van der Waals surface area contributed by atoms with Gasteiger partial charge in [0, 0.05) is 28.4 Å². The third kappa shape index (κ3) is 4.90. The fourth-order valence-electron chi connectivity index (χ4n) is 3.55. The molecule has 0 aliphatic carbocycles. The summed E-state index contributed by atoms with van der Waals surface area (Å²) in [5, 5.41) is 1.99. The number of carbonyl (C=O) groups is 1. The highest BCUT2D eigenvalue weighted by molar-refractivity contribution is 7.97. The molecule has 0 bridgehead atoms. The average Bonchev–Trinajstić information content (AvgIpc) is 3.07. The van der Waals surface area contributed by atoms with Gasteiger partial charge in [-0.3, -0.25) is 9.52 Å². The highest BCUT2D eigenvalue weighted by Crippen LogP contribution is 2.28. The van der Waals surface area contributed by atoms with E-state index in [0.717, 1.165) is 40.3 Å². The molecule has 154 valence electrons. The third-order valence-corrected chi connectivity index (χ3v) is 6.09. The summed E-state index contributed by atoms with van der Waals surface area (Å²) in [5.41, 5.74) is 4.37. The van der Waals surface area contributed by atoms with E-state index in [4.69, 9.17) is 16.3 Å². The van der Waals surface area contributed by atoms with Gasteiger partial charge in [0.1, 0.15) is 11.8 Å². The van der Waals surface area contributed by atoms with Gasteiger partial charge in [0.15, 0.2) is 0 Å². The van der Waals surface area contributed by atoms with Crippen LogP contribution in [0.1, 0.15) is 36.1 Å². The first-order valence-corrected chi connectivity index (χ1v) is 11.3. The molecular formula is C23H27ClN2O2S. The molecule has 6 heteroatoms. The first-order valence-electron chi connectivity index (χ1n) is 9.73. The van der Waals surface area contributed by atoms with Crippen molar-refractivity contribution < 1.29 is 9.53 Å². The highest BCUT2D eigenvalue weighted by Gasteiger charge is 2.18. The van der Waals surface area contributed by atoms with E-state index < -0.39 is 0 Å². The Morgan fingerprint density at radius 3 is 2.62 bits per heavy atom. The van der Waals surface area contributed by atoms with Gasteiger partial charge in [0.25, 0.3) is 5.91 Å². The Balaban J connectivity index is 1.70. The van der Waals surface area contributed by atoms with E-state index in [0.29, 0.717) is 6.61 Å². The second-order valence-electron chi connectivity index (χ2n) is 7.25. The molecule has 2 aromatic carbocycles. The topological polar surface area (TPSA) is 43.3 Å². The minimum Gasteiger partial charge on any atom is -0.494 e. The standard InChI is InChI=1S/C23H27ClN2O2S/c1-15-12-19(13-16(2)22(15)24)28-11-7-8-18-14-26(17(3)23(27)25-29-4)21-10-6-5-9-20(18)21/h5-6,9-10,12-14,17H,7-8,11H2,1-4H3,(H,25,27). The largest absolute Gasteiger partial charge is 0.494 e. The van der Waals surface area contributed by atoms with Crippen LogP contribution in [0.5, 0.6) is 5.75 Å². The Labute approximate surface area is 181 Å². The summed E-state index contributed by atoms with van der Waals surface area (Å²) in [4.78, 5) is 12.3. The maximum absolute atomic E-state index is 12.3. The van der Waals surface area contributed by atoms with E-state index in [1.54, 1.807) is 0 Å². The highest BCUT2D eigenvalue weighted by atomic mass is 35.5. The lowest BCUT2D eigenvalue weighted by Gasteiger charge is -2.14. The van der Waals surface area contributed by atoms with Gasteiger partial charge < -0.3 is 9.30 Å². The zero-order chi connectivity index (χ0) is 21.0. The molecule has 0 radical (unpaired) electrons. The number of aryl methyl sites for hydroxylation is 3. The summed E-state index contributed by atoms with van der Waals surface area (Å²) in [6.45, 7) is 6.54. The van der Waals surface area contributed by atoms with Gasteiger partial charge in [-0.1, -0.05) is 41.7 Å². The summed E-state index contributed by atoms with van der Waals surface area (Å²) in [5.74, 6) is 0.857. The summed E-state index contributed by atoms with van der Waals surface area (Å²) in [6.07, 6.45) is 5.73. The van der Waals surface area contributed by atoms with Gasteiger partial charge >= 0.3 is 0 Å². The lowest BCUT2D eigenvalue weighted by molar-refractivity contribution is -0.121. The molecule has 1 N–H and O–H groups in total. The number of ether oxygens (including phenoxy) is 1. The van der Waals surface area contributed by atoms with Crippen LogP contribution in [0.25, 0.3) is 10.9 Å². The lowest BCUT2D eigenvalue weighted by Crippen LogP contribution is -2.25. The first-order chi connectivity index (χ1) is 13.9. The minimum atomic E-state index is -0.266. The maximum Gasteiger partial charge on any atom is 0.252 e. The Hall–Kier alpha value is -2.11. The quantitative estimate of drug-likeness (QED) is 0.358. The monoisotopic (exact) mass is 430 g/mol. The van der Waals surface area contributed by atoms with Crippen LogP contribution in [0.3, 0.4) is 0 Å². The van der Waals surface area contributed by atoms with Crippen molar-refractivity contribution in [3.05, 3.63) is 64.3 Å². The van der Waals surface area contributed by atoms with Gasteiger partial charge in [-0.05, 0) is 68.5 Å². The van der Waals surface area contributed by atoms with Crippen molar-refractivity contribution in [2.45, 2.75) is 39.7 Å². The summed E-state index contributed by atoms with van der Waals surface area (Å²) < 4.78 is 10.8. The number of fused-ring (bicyclic) bond motifs is 1. The summed E-state index contributed by atoms with van der Waals surface area (Å²) >= 11 is 7.55. The molecule has 0 spiro atoms. The molecule has 1 heterocycles. The summed E-state index contributed by atoms with van der Waals surface area (Å²) in [6, 6.07) is 11.9. The van der Waals surface area contributed by atoms with Crippen LogP contribution in [0.15, 0.2) is 42.6 Å². The number of halogens is 1. The predicted octanol–water partition coefficient (Wildman–Crippen LogP) is 5.88. The van der Waals surface area contributed by atoms with Crippen LogP contribution in [-0.2, 0) is 11.2 Å². The van der Waals surface area contributed by atoms with Gasteiger partial charge in [0.05, 0.1) is 6.61 Å². The van der Waals surface area contributed by atoms with Crippen LogP contribution in [0, 0.1) is 13.8 Å². The number of rotatable bonds is 8. The Morgan fingerprint density at radius 2 is 1.93 bits per heavy atom. The van der Waals surface area contributed by atoms with E-state index >= 15 is 0 Å². The minimum absolute atomic E-state index is 0.00149. The van der Waals surface area contributed by atoms with Crippen molar-refractivity contribution in [3.63, 3.8) is 0 Å². The molecule has 1 unspecified atom stereocenters. The Morgan fingerprint density at radius 1 is 1.24 bits per heavy atom. The van der Waals surface area contributed by atoms with Crippen LogP contribution < -0.4 is 9.46 Å². The number of hydrogen-bond acceptors (Lipinski definition) is 3. The zero-order valence-corrected chi connectivity index (χ0v) is 18.9. The van der Waals surface area contributed by atoms with Crippen LogP contribution in [0.2, 0.25) is 5.02 Å². The molecule has 0 aliphatic heterocycles. The average molecular weight is 431 g/mol. The molecule has 1 aromatic heterocycles. The SMILES string of the molecule is CSNC(=O)C(C)n1cc(CCCOc2cc(C)c(Cl)c(C)c2)c2ccccc21. The van der Waals surface area contributed by atoms with Gasteiger partial charge in [-0.2, -0.15) is 0 Å². The number of amides is 1. The maximum atomic E-state index is 12.3. The number of carbonyl (C=O) groups excluding carboxylic acids is 1. The normalized spacial score (nSPS) is 12.2. The predicted molar refractivity (Wildman–Crippen MR) is 123 cm³/mol. The lowest BCUT2D eigenvalue weighted by atomic mass is 10.1. The van der Waals surface area contributed by atoms with Gasteiger partial charge in [-0.15, -0.1) is 0 Å². The Kier molecular flexibility index (Phi) is 7.14. The molecule has 4 nitrogen and oxygen atoms in total. The number of aromatic nitrogens is 1. The fraction of sp³-hybridized carbons (Fsp3) is 0.348. The second kappa shape index (κ2) is 9.59. The molecule has 1 amide bonds. The van der Waals surface area contributed by atoms with Crippen LogP contribution in [0.4, 0.5) is 0 Å². The molecule has 1 atom stereocenters. The second-order valence-corrected chi connectivity index (χ2v) is 8.24.